The van der Waals surface area contributed by atoms with E-state index in [1.165, 1.54) is 23.4 Å². The molecule has 2 saturated heterocycles. The third-order valence-corrected chi connectivity index (χ3v) is 8.33. The third kappa shape index (κ3) is 3.83. The summed E-state index contributed by atoms with van der Waals surface area (Å²) in [6.07, 6.45) is 6.76. The van der Waals surface area contributed by atoms with Gasteiger partial charge in [0.15, 0.2) is 0 Å². The minimum Gasteiger partial charge on any atom is -0.493 e. The SMILES string of the molecule is O=CO.O=S(=O)(c1ccc2c(c1)OCC2)n1cc(N2CCN3CCCC3C2)c2ncccc21. The summed E-state index contributed by atoms with van der Waals surface area (Å²) in [6, 6.07) is 9.36. The summed E-state index contributed by atoms with van der Waals surface area (Å²) in [5, 5.41) is 6.89. The van der Waals surface area contributed by atoms with Gasteiger partial charge in [0.25, 0.3) is 16.5 Å². The predicted octanol–water partition coefficient (Wildman–Crippen LogP) is 2.19. The number of anilines is 1. The van der Waals surface area contributed by atoms with Crippen molar-refractivity contribution >= 4 is 33.2 Å². The first-order valence-electron chi connectivity index (χ1n) is 11.1. The number of benzene rings is 1. The zero-order valence-corrected chi connectivity index (χ0v) is 18.9. The average molecular weight is 471 g/mol. The first-order chi connectivity index (χ1) is 16.0. The molecule has 2 fully saturated rings. The number of carboxylic acid groups (broad SMARTS) is 1. The van der Waals surface area contributed by atoms with E-state index >= 15 is 0 Å². The minimum absolute atomic E-state index is 0.246. The van der Waals surface area contributed by atoms with Crippen LogP contribution in [0.3, 0.4) is 0 Å². The lowest BCUT2D eigenvalue weighted by atomic mass is 10.1. The largest absolute Gasteiger partial charge is 0.493 e. The van der Waals surface area contributed by atoms with Crippen molar-refractivity contribution in [1.82, 2.24) is 13.9 Å². The molecule has 3 aromatic rings. The standard InChI is InChI=1S/C22H24N4O3S.CH2O2/c27-30(28,18-6-5-16-7-12-29-21(16)13-18)26-15-20(22-19(26)4-1-8-23-22)25-11-10-24-9-2-3-17(24)14-25;2-1-3/h1,4-6,8,13,15,17H,2-3,7,9-12,14H2;1H,(H,2,3). The van der Waals surface area contributed by atoms with Crippen LogP contribution in [-0.4, -0.2) is 72.7 Å². The van der Waals surface area contributed by atoms with Gasteiger partial charge in [0.2, 0.25) is 0 Å². The fraction of sp³-hybridized carbons (Fsp3) is 0.391. The Bertz CT molecular complexity index is 1290. The molecule has 1 unspecified atom stereocenters. The van der Waals surface area contributed by atoms with E-state index in [0.29, 0.717) is 23.9 Å². The smallest absolute Gasteiger partial charge is 0.290 e. The van der Waals surface area contributed by atoms with E-state index in [0.717, 1.165) is 42.8 Å². The summed E-state index contributed by atoms with van der Waals surface area (Å²) < 4.78 is 34.1. The van der Waals surface area contributed by atoms with Crippen molar-refractivity contribution in [2.75, 3.05) is 37.7 Å². The van der Waals surface area contributed by atoms with Crippen LogP contribution in [0.5, 0.6) is 5.75 Å². The molecule has 0 spiro atoms. The molecule has 9 nitrogen and oxygen atoms in total. The van der Waals surface area contributed by atoms with Crippen LogP contribution in [0, 0.1) is 0 Å². The molecule has 174 valence electrons. The number of carbonyl (C=O) groups is 1. The van der Waals surface area contributed by atoms with Crippen molar-refractivity contribution < 1.29 is 23.1 Å². The Morgan fingerprint density at radius 3 is 2.88 bits per heavy atom. The number of nitrogens with zero attached hydrogens (tertiary/aromatic N) is 4. The average Bonchev–Trinajstić information content (AvgIpc) is 3.56. The molecule has 0 amide bonds. The first kappa shape index (κ1) is 21.7. The lowest BCUT2D eigenvalue weighted by molar-refractivity contribution is -0.122. The van der Waals surface area contributed by atoms with Crippen LogP contribution in [0.2, 0.25) is 0 Å². The van der Waals surface area contributed by atoms with Gasteiger partial charge in [0.05, 0.1) is 22.7 Å². The number of hydrogen-bond donors (Lipinski definition) is 1. The molecule has 1 N–H and O–H groups in total. The quantitative estimate of drug-likeness (QED) is 0.581. The van der Waals surface area contributed by atoms with E-state index in [1.807, 2.05) is 12.1 Å². The second-order valence-corrected chi connectivity index (χ2v) is 10.3. The number of piperazine rings is 1. The molecule has 33 heavy (non-hydrogen) atoms. The van der Waals surface area contributed by atoms with Crippen LogP contribution in [0.25, 0.3) is 11.0 Å². The van der Waals surface area contributed by atoms with Crippen LogP contribution >= 0.6 is 0 Å². The van der Waals surface area contributed by atoms with Gasteiger partial charge in [-0.15, -0.1) is 0 Å². The minimum atomic E-state index is -3.76. The second kappa shape index (κ2) is 8.68. The van der Waals surface area contributed by atoms with Crippen LogP contribution in [-0.2, 0) is 21.2 Å². The van der Waals surface area contributed by atoms with Crippen molar-refractivity contribution in [3.8, 4) is 5.75 Å². The van der Waals surface area contributed by atoms with Crippen LogP contribution in [0.4, 0.5) is 5.69 Å². The summed E-state index contributed by atoms with van der Waals surface area (Å²) >= 11 is 0. The molecule has 1 atom stereocenters. The highest BCUT2D eigenvalue weighted by Gasteiger charge is 2.33. The van der Waals surface area contributed by atoms with Crippen LogP contribution < -0.4 is 9.64 Å². The van der Waals surface area contributed by atoms with Crippen LogP contribution in [0.15, 0.2) is 47.6 Å². The van der Waals surface area contributed by atoms with E-state index in [1.54, 1.807) is 30.6 Å². The molecule has 3 aliphatic rings. The third-order valence-electron chi connectivity index (χ3n) is 6.66. The zero-order chi connectivity index (χ0) is 23.0. The van der Waals surface area contributed by atoms with Gasteiger partial charge in [-0.2, -0.15) is 0 Å². The Morgan fingerprint density at radius 2 is 2.03 bits per heavy atom. The van der Waals surface area contributed by atoms with Gasteiger partial charge in [-0.05, 0) is 43.1 Å². The van der Waals surface area contributed by atoms with Gasteiger partial charge in [-0.25, -0.2) is 12.4 Å². The van der Waals surface area contributed by atoms with Gasteiger partial charge >= 0.3 is 0 Å². The summed E-state index contributed by atoms with van der Waals surface area (Å²) in [5.74, 6) is 0.670. The van der Waals surface area contributed by atoms with Gasteiger partial charge in [0, 0.05) is 50.6 Å². The Balaban J connectivity index is 0.000000724. The van der Waals surface area contributed by atoms with Crippen LogP contribution in [0.1, 0.15) is 18.4 Å². The molecule has 6 rings (SSSR count). The summed E-state index contributed by atoms with van der Waals surface area (Å²) in [6.45, 7) is 4.35. The molecule has 0 bridgehead atoms. The maximum absolute atomic E-state index is 13.6. The zero-order valence-electron chi connectivity index (χ0n) is 18.1. The summed E-state index contributed by atoms with van der Waals surface area (Å²) in [4.78, 5) is 18.0. The Hall–Kier alpha value is -3.11. The highest BCUT2D eigenvalue weighted by atomic mass is 32.2. The highest BCUT2D eigenvalue weighted by molar-refractivity contribution is 7.90. The molecule has 0 saturated carbocycles. The Labute approximate surface area is 192 Å². The maximum atomic E-state index is 13.6. The van der Waals surface area contributed by atoms with Gasteiger partial charge in [-0.3, -0.25) is 14.7 Å². The van der Waals surface area contributed by atoms with Gasteiger partial charge in [-0.1, -0.05) is 6.07 Å². The van der Waals surface area contributed by atoms with E-state index < -0.39 is 10.0 Å². The first-order valence-corrected chi connectivity index (χ1v) is 12.5. The fourth-order valence-electron chi connectivity index (χ4n) is 5.07. The lowest BCUT2D eigenvalue weighted by Crippen LogP contribution is -2.50. The van der Waals surface area contributed by atoms with E-state index in [-0.39, 0.29) is 11.4 Å². The lowest BCUT2D eigenvalue weighted by Gasteiger charge is -2.38. The number of fused-ring (bicyclic) bond motifs is 3. The normalized spacial score (nSPS) is 20.0. The van der Waals surface area contributed by atoms with Crippen molar-refractivity contribution in [2.45, 2.75) is 30.2 Å². The van der Waals surface area contributed by atoms with Crippen molar-refractivity contribution in [3.63, 3.8) is 0 Å². The number of ether oxygens (including phenoxy) is 1. The Morgan fingerprint density at radius 1 is 1.18 bits per heavy atom. The fourth-order valence-corrected chi connectivity index (χ4v) is 6.44. The molecule has 2 aromatic heterocycles. The van der Waals surface area contributed by atoms with E-state index in [4.69, 9.17) is 14.6 Å². The van der Waals surface area contributed by atoms with Crippen molar-refractivity contribution in [2.24, 2.45) is 0 Å². The predicted molar refractivity (Wildman–Crippen MR) is 123 cm³/mol. The monoisotopic (exact) mass is 470 g/mol. The Kier molecular flexibility index (Phi) is 5.71. The molecular formula is C23H26N4O5S. The van der Waals surface area contributed by atoms with Crippen molar-refractivity contribution in [1.29, 1.82) is 0 Å². The maximum Gasteiger partial charge on any atom is 0.290 e. The number of pyridine rings is 1. The second-order valence-electron chi connectivity index (χ2n) is 8.44. The van der Waals surface area contributed by atoms with Gasteiger partial charge in [0.1, 0.15) is 11.3 Å². The molecule has 0 aliphatic carbocycles. The van der Waals surface area contributed by atoms with E-state index in [9.17, 15) is 8.42 Å². The number of hydrogen-bond acceptors (Lipinski definition) is 7. The number of aromatic nitrogens is 2. The molecule has 0 radical (unpaired) electrons. The van der Waals surface area contributed by atoms with E-state index in [2.05, 4.69) is 14.8 Å². The molecule has 1 aromatic carbocycles. The summed E-state index contributed by atoms with van der Waals surface area (Å²) in [7, 11) is -3.76. The molecule has 5 heterocycles. The molecular weight excluding hydrogens is 444 g/mol. The molecule has 3 aliphatic heterocycles. The highest BCUT2D eigenvalue weighted by Crippen LogP contribution is 2.35. The number of rotatable bonds is 3. The van der Waals surface area contributed by atoms with Gasteiger partial charge < -0.3 is 14.7 Å². The summed E-state index contributed by atoms with van der Waals surface area (Å²) in [5.41, 5.74) is 3.31. The molecule has 10 heteroatoms. The topological polar surface area (TPSA) is 105 Å². The van der Waals surface area contributed by atoms with Crippen molar-refractivity contribution in [3.05, 3.63) is 48.3 Å².